The summed E-state index contributed by atoms with van der Waals surface area (Å²) in [5.74, 6) is 0.0911. The summed E-state index contributed by atoms with van der Waals surface area (Å²) in [5.41, 5.74) is 0.306. The topological polar surface area (TPSA) is 44.0 Å². The zero-order chi connectivity index (χ0) is 9.68. The standard InChI is InChI=1S/C9H8FNOS/c10-8-3-7(6-11)4-9(5-8)13-2-1-12/h3-5,12H,1-2H2. The van der Waals surface area contributed by atoms with Crippen LogP contribution in [-0.2, 0) is 0 Å². The number of benzene rings is 1. The lowest BCUT2D eigenvalue weighted by atomic mass is 10.2. The summed E-state index contributed by atoms with van der Waals surface area (Å²) >= 11 is 1.32. The van der Waals surface area contributed by atoms with Crippen LogP contribution in [0.2, 0.25) is 0 Å². The van der Waals surface area contributed by atoms with Crippen molar-refractivity contribution >= 4 is 11.8 Å². The van der Waals surface area contributed by atoms with Crippen molar-refractivity contribution in [2.24, 2.45) is 0 Å². The zero-order valence-electron chi connectivity index (χ0n) is 6.83. The number of aliphatic hydroxyl groups excluding tert-OH is 1. The first-order chi connectivity index (χ1) is 6.26. The van der Waals surface area contributed by atoms with E-state index >= 15 is 0 Å². The molecule has 0 atom stereocenters. The lowest BCUT2D eigenvalue weighted by Gasteiger charge is -1.99. The molecule has 1 N–H and O–H groups in total. The average molecular weight is 197 g/mol. The van der Waals surface area contributed by atoms with Gasteiger partial charge in [0.25, 0.3) is 0 Å². The summed E-state index contributed by atoms with van der Waals surface area (Å²) < 4.78 is 12.8. The van der Waals surface area contributed by atoms with Crippen molar-refractivity contribution in [3.63, 3.8) is 0 Å². The minimum Gasteiger partial charge on any atom is -0.396 e. The van der Waals surface area contributed by atoms with Crippen LogP contribution < -0.4 is 0 Å². The van der Waals surface area contributed by atoms with Crippen molar-refractivity contribution in [3.05, 3.63) is 29.6 Å². The number of nitrogens with zero attached hydrogens (tertiary/aromatic N) is 1. The summed E-state index contributed by atoms with van der Waals surface area (Å²) in [4.78, 5) is 0.672. The lowest BCUT2D eigenvalue weighted by molar-refractivity contribution is 0.322. The van der Waals surface area contributed by atoms with E-state index in [1.807, 2.05) is 6.07 Å². The minimum atomic E-state index is -0.417. The molecule has 0 heterocycles. The Labute approximate surface area is 80.0 Å². The highest BCUT2D eigenvalue weighted by Crippen LogP contribution is 2.20. The molecule has 4 heteroatoms. The van der Waals surface area contributed by atoms with Crippen LogP contribution in [0, 0.1) is 17.1 Å². The number of aliphatic hydroxyl groups is 1. The van der Waals surface area contributed by atoms with E-state index in [0.29, 0.717) is 16.2 Å². The minimum absolute atomic E-state index is 0.0447. The molecule has 1 aromatic carbocycles. The summed E-state index contributed by atoms with van der Waals surface area (Å²) in [5, 5.41) is 17.1. The van der Waals surface area contributed by atoms with Gasteiger partial charge in [-0.25, -0.2) is 4.39 Å². The van der Waals surface area contributed by atoms with E-state index in [4.69, 9.17) is 10.4 Å². The zero-order valence-corrected chi connectivity index (χ0v) is 7.64. The van der Waals surface area contributed by atoms with E-state index in [-0.39, 0.29) is 6.61 Å². The van der Waals surface area contributed by atoms with Crippen LogP contribution in [0.4, 0.5) is 4.39 Å². The Bertz CT molecular complexity index is 335. The van der Waals surface area contributed by atoms with Gasteiger partial charge in [0.15, 0.2) is 0 Å². The largest absolute Gasteiger partial charge is 0.396 e. The third-order valence-electron chi connectivity index (χ3n) is 1.36. The van der Waals surface area contributed by atoms with Crippen molar-refractivity contribution in [2.45, 2.75) is 4.90 Å². The van der Waals surface area contributed by atoms with Crippen molar-refractivity contribution in [1.82, 2.24) is 0 Å². The molecule has 0 aliphatic rings. The third-order valence-corrected chi connectivity index (χ3v) is 2.32. The van der Waals surface area contributed by atoms with Gasteiger partial charge in [-0.15, -0.1) is 11.8 Å². The molecule has 0 spiro atoms. The first-order valence-electron chi connectivity index (χ1n) is 3.70. The van der Waals surface area contributed by atoms with Crippen LogP contribution in [0.25, 0.3) is 0 Å². The van der Waals surface area contributed by atoms with Gasteiger partial charge in [0.1, 0.15) is 5.82 Å². The van der Waals surface area contributed by atoms with Crippen LogP contribution in [0.5, 0.6) is 0 Å². The quantitative estimate of drug-likeness (QED) is 0.751. The second-order valence-corrected chi connectivity index (χ2v) is 3.53. The SMILES string of the molecule is N#Cc1cc(F)cc(SCCO)c1. The maximum Gasteiger partial charge on any atom is 0.125 e. The van der Waals surface area contributed by atoms with Gasteiger partial charge in [0.2, 0.25) is 0 Å². The molecule has 1 aromatic rings. The van der Waals surface area contributed by atoms with E-state index in [0.717, 1.165) is 0 Å². The molecule has 0 radical (unpaired) electrons. The molecule has 0 aliphatic heterocycles. The molecule has 0 aromatic heterocycles. The normalized spacial score (nSPS) is 9.62. The van der Waals surface area contributed by atoms with Gasteiger partial charge in [-0.05, 0) is 18.2 Å². The van der Waals surface area contributed by atoms with E-state index in [2.05, 4.69) is 0 Å². The van der Waals surface area contributed by atoms with Gasteiger partial charge in [0.05, 0.1) is 18.2 Å². The average Bonchev–Trinajstić information content (AvgIpc) is 2.14. The van der Waals surface area contributed by atoms with Gasteiger partial charge in [-0.3, -0.25) is 0 Å². The fraction of sp³-hybridized carbons (Fsp3) is 0.222. The highest BCUT2D eigenvalue weighted by Gasteiger charge is 2.00. The van der Waals surface area contributed by atoms with Gasteiger partial charge in [0, 0.05) is 10.6 Å². The predicted molar refractivity (Wildman–Crippen MR) is 48.9 cm³/mol. The molecular formula is C9H8FNOS. The summed E-state index contributed by atoms with van der Waals surface area (Å²) in [6.07, 6.45) is 0. The van der Waals surface area contributed by atoms with E-state index in [1.165, 1.54) is 23.9 Å². The molecule has 68 valence electrons. The van der Waals surface area contributed by atoms with Crippen LogP contribution in [0.1, 0.15) is 5.56 Å². The molecule has 0 fully saturated rings. The van der Waals surface area contributed by atoms with Crippen LogP contribution in [0.3, 0.4) is 0 Å². The smallest absolute Gasteiger partial charge is 0.125 e. The fourth-order valence-corrected chi connectivity index (χ4v) is 1.61. The van der Waals surface area contributed by atoms with Gasteiger partial charge in [-0.2, -0.15) is 5.26 Å². The molecule has 1 rings (SSSR count). The Morgan fingerprint density at radius 1 is 1.46 bits per heavy atom. The van der Waals surface area contributed by atoms with E-state index in [9.17, 15) is 4.39 Å². The first kappa shape index (κ1) is 10.0. The monoisotopic (exact) mass is 197 g/mol. The van der Waals surface area contributed by atoms with Crippen LogP contribution in [-0.4, -0.2) is 17.5 Å². The van der Waals surface area contributed by atoms with Crippen molar-refractivity contribution in [1.29, 1.82) is 5.26 Å². The Hall–Kier alpha value is -1.05. The number of halogens is 1. The highest BCUT2D eigenvalue weighted by molar-refractivity contribution is 7.99. The number of thioether (sulfide) groups is 1. The molecule has 13 heavy (non-hydrogen) atoms. The van der Waals surface area contributed by atoms with Gasteiger partial charge < -0.3 is 5.11 Å². The first-order valence-corrected chi connectivity index (χ1v) is 4.69. The van der Waals surface area contributed by atoms with E-state index < -0.39 is 5.82 Å². The molecule has 0 saturated heterocycles. The van der Waals surface area contributed by atoms with Gasteiger partial charge >= 0.3 is 0 Å². The second-order valence-electron chi connectivity index (χ2n) is 2.36. The highest BCUT2D eigenvalue weighted by atomic mass is 32.2. The lowest BCUT2D eigenvalue weighted by Crippen LogP contribution is -1.87. The summed E-state index contributed by atoms with van der Waals surface area (Å²) in [6.45, 7) is 0.0447. The molecule has 0 amide bonds. The summed E-state index contributed by atoms with van der Waals surface area (Å²) in [7, 11) is 0. The van der Waals surface area contributed by atoms with Gasteiger partial charge in [-0.1, -0.05) is 0 Å². The molecule has 0 aliphatic carbocycles. The van der Waals surface area contributed by atoms with Crippen LogP contribution >= 0.6 is 11.8 Å². The fourth-order valence-electron chi connectivity index (χ4n) is 0.874. The Morgan fingerprint density at radius 3 is 2.85 bits per heavy atom. The molecule has 2 nitrogen and oxygen atoms in total. The molecular weight excluding hydrogens is 189 g/mol. The number of hydrogen-bond donors (Lipinski definition) is 1. The predicted octanol–water partition coefficient (Wildman–Crippen LogP) is 1.78. The van der Waals surface area contributed by atoms with E-state index in [1.54, 1.807) is 6.07 Å². The molecule has 0 saturated carbocycles. The maximum absolute atomic E-state index is 12.8. The Kier molecular flexibility index (Phi) is 3.74. The van der Waals surface area contributed by atoms with Crippen LogP contribution in [0.15, 0.2) is 23.1 Å². The number of hydrogen-bond acceptors (Lipinski definition) is 3. The molecule has 0 unspecified atom stereocenters. The van der Waals surface area contributed by atoms with Crippen molar-refractivity contribution in [3.8, 4) is 6.07 Å². The van der Waals surface area contributed by atoms with Crippen molar-refractivity contribution in [2.75, 3.05) is 12.4 Å². The number of nitriles is 1. The summed E-state index contributed by atoms with van der Waals surface area (Å²) in [6, 6.07) is 6.00. The second kappa shape index (κ2) is 4.85. The third kappa shape index (κ3) is 3.05. The maximum atomic E-state index is 12.8. The Morgan fingerprint density at radius 2 is 2.23 bits per heavy atom. The molecule has 0 bridgehead atoms. The van der Waals surface area contributed by atoms with Crippen molar-refractivity contribution < 1.29 is 9.50 Å². The number of rotatable bonds is 3. The Balaban J connectivity index is 2.83.